The van der Waals surface area contributed by atoms with Gasteiger partial charge in [-0.05, 0) is 62.6 Å². The molecular weight excluding hydrogens is 420 g/mol. The Bertz CT molecular complexity index is 1150. The van der Waals surface area contributed by atoms with Crippen LogP contribution in [0.15, 0.2) is 54.6 Å². The van der Waals surface area contributed by atoms with Crippen LogP contribution in [-0.2, 0) is 11.4 Å². The molecule has 4 rings (SSSR count). The molecule has 2 atom stereocenters. The lowest BCUT2D eigenvalue weighted by Gasteiger charge is -2.24. The van der Waals surface area contributed by atoms with Gasteiger partial charge in [-0.3, -0.25) is 25.2 Å². The van der Waals surface area contributed by atoms with E-state index in [1.165, 1.54) is 0 Å². The minimum Gasteiger partial charge on any atom is -0.489 e. The van der Waals surface area contributed by atoms with Crippen LogP contribution in [0.2, 0.25) is 0 Å². The standard InChI is InChI=1S/C25H28N4O4/c1-16-13-20(22-5-3-4-6-23(22)26-16)15-33-21-9-7-18(8-10-21)25(31)27-29-12-11-19(17(29)2)14-24(30)28-32/h3-10,13,17,19,32H,11-12,14-15H2,1-2H3,(H,27,31)(H,28,30)/t17-,19-/m1/s1. The molecule has 1 saturated heterocycles. The van der Waals surface area contributed by atoms with E-state index in [1.807, 2.05) is 49.2 Å². The Kier molecular flexibility index (Phi) is 6.86. The van der Waals surface area contributed by atoms with E-state index in [1.54, 1.807) is 29.7 Å². The Morgan fingerprint density at radius 1 is 1.18 bits per heavy atom. The zero-order valence-corrected chi connectivity index (χ0v) is 18.7. The molecule has 2 amide bonds. The number of rotatable bonds is 7. The van der Waals surface area contributed by atoms with Crippen molar-refractivity contribution in [1.82, 2.24) is 20.9 Å². The molecule has 2 heterocycles. The van der Waals surface area contributed by atoms with Crippen molar-refractivity contribution in [3.63, 3.8) is 0 Å². The molecule has 0 bridgehead atoms. The second kappa shape index (κ2) is 9.97. The third kappa shape index (κ3) is 5.30. The molecule has 8 nitrogen and oxygen atoms in total. The van der Waals surface area contributed by atoms with Crippen LogP contribution in [0.25, 0.3) is 10.9 Å². The summed E-state index contributed by atoms with van der Waals surface area (Å²) in [5.74, 6) is 0.123. The van der Waals surface area contributed by atoms with Crippen LogP contribution in [-0.4, -0.2) is 39.6 Å². The van der Waals surface area contributed by atoms with Gasteiger partial charge in [-0.25, -0.2) is 10.5 Å². The first-order valence-electron chi connectivity index (χ1n) is 11.0. The largest absolute Gasteiger partial charge is 0.489 e. The number of ether oxygens (including phenoxy) is 1. The topological polar surface area (TPSA) is 104 Å². The molecule has 33 heavy (non-hydrogen) atoms. The number of aryl methyl sites for hydroxylation is 1. The molecule has 3 aromatic rings. The minimum absolute atomic E-state index is 0.00695. The van der Waals surface area contributed by atoms with Gasteiger partial charge in [-0.2, -0.15) is 0 Å². The summed E-state index contributed by atoms with van der Waals surface area (Å²) in [7, 11) is 0. The second-order valence-electron chi connectivity index (χ2n) is 8.42. The summed E-state index contributed by atoms with van der Waals surface area (Å²) in [5, 5.41) is 11.6. The summed E-state index contributed by atoms with van der Waals surface area (Å²) >= 11 is 0. The van der Waals surface area contributed by atoms with E-state index in [0.29, 0.717) is 24.5 Å². The summed E-state index contributed by atoms with van der Waals surface area (Å²) in [5.41, 5.74) is 8.06. The molecule has 0 aliphatic carbocycles. The van der Waals surface area contributed by atoms with Gasteiger partial charge in [0.1, 0.15) is 12.4 Å². The number of hydroxylamine groups is 1. The van der Waals surface area contributed by atoms with E-state index in [4.69, 9.17) is 9.94 Å². The third-order valence-corrected chi connectivity index (χ3v) is 6.17. The van der Waals surface area contributed by atoms with Gasteiger partial charge in [0.2, 0.25) is 5.91 Å². The molecule has 0 spiro atoms. The van der Waals surface area contributed by atoms with Crippen LogP contribution >= 0.6 is 0 Å². The summed E-state index contributed by atoms with van der Waals surface area (Å²) in [4.78, 5) is 28.7. The fourth-order valence-corrected chi connectivity index (χ4v) is 4.29. The Morgan fingerprint density at radius 3 is 2.70 bits per heavy atom. The predicted octanol–water partition coefficient (Wildman–Crippen LogP) is 3.37. The molecule has 1 aliphatic rings. The van der Waals surface area contributed by atoms with Gasteiger partial charge in [0.05, 0.1) is 5.52 Å². The summed E-state index contributed by atoms with van der Waals surface area (Å²) in [6.07, 6.45) is 0.993. The SMILES string of the molecule is Cc1cc(COc2ccc(C(=O)NN3CC[C@H](CC(=O)NO)[C@H]3C)cc2)c2ccccc2n1. The zero-order valence-electron chi connectivity index (χ0n) is 18.7. The van der Waals surface area contributed by atoms with Gasteiger partial charge >= 0.3 is 0 Å². The minimum atomic E-state index is -0.412. The predicted molar refractivity (Wildman–Crippen MR) is 124 cm³/mol. The van der Waals surface area contributed by atoms with Crippen molar-refractivity contribution in [3.05, 3.63) is 71.4 Å². The number of hydrazine groups is 1. The number of nitrogens with zero attached hydrogens (tertiary/aromatic N) is 2. The third-order valence-electron chi connectivity index (χ3n) is 6.17. The fourth-order valence-electron chi connectivity index (χ4n) is 4.29. The maximum absolute atomic E-state index is 12.7. The summed E-state index contributed by atoms with van der Waals surface area (Å²) < 4.78 is 5.97. The number of carbonyl (C=O) groups excluding carboxylic acids is 2. The van der Waals surface area contributed by atoms with Crippen molar-refractivity contribution < 1.29 is 19.5 Å². The van der Waals surface area contributed by atoms with Gasteiger partial charge in [0, 0.05) is 41.2 Å². The number of amides is 2. The molecule has 8 heteroatoms. The van der Waals surface area contributed by atoms with Crippen molar-refractivity contribution in [1.29, 1.82) is 0 Å². The lowest BCUT2D eigenvalue weighted by atomic mass is 9.98. The van der Waals surface area contributed by atoms with E-state index in [9.17, 15) is 9.59 Å². The van der Waals surface area contributed by atoms with E-state index in [2.05, 4.69) is 10.4 Å². The highest BCUT2D eigenvalue weighted by molar-refractivity contribution is 5.94. The van der Waals surface area contributed by atoms with Crippen LogP contribution in [0, 0.1) is 12.8 Å². The molecule has 0 saturated carbocycles. The average molecular weight is 449 g/mol. The van der Waals surface area contributed by atoms with Gasteiger partial charge in [0.25, 0.3) is 5.91 Å². The Morgan fingerprint density at radius 2 is 1.94 bits per heavy atom. The molecule has 3 N–H and O–H groups in total. The molecule has 0 unspecified atom stereocenters. The van der Waals surface area contributed by atoms with Crippen molar-refractivity contribution in [2.24, 2.45) is 5.92 Å². The van der Waals surface area contributed by atoms with E-state index in [0.717, 1.165) is 28.6 Å². The Labute approximate surface area is 192 Å². The maximum atomic E-state index is 12.7. The first-order valence-corrected chi connectivity index (χ1v) is 11.0. The smallest absolute Gasteiger partial charge is 0.265 e. The number of aromatic nitrogens is 1. The Hall–Kier alpha value is -3.49. The first kappa shape index (κ1) is 22.7. The monoisotopic (exact) mass is 448 g/mol. The molecule has 172 valence electrons. The maximum Gasteiger partial charge on any atom is 0.265 e. The number of pyridine rings is 1. The Balaban J connectivity index is 1.35. The molecule has 1 aromatic heterocycles. The molecular formula is C25H28N4O4. The van der Waals surface area contributed by atoms with E-state index < -0.39 is 5.91 Å². The number of hydrogen-bond donors (Lipinski definition) is 3. The van der Waals surface area contributed by atoms with E-state index in [-0.39, 0.29) is 24.3 Å². The van der Waals surface area contributed by atoms with Crippen LogP contribution in [0.5, 0.6) is 5.75 Å². The highest BCUT2D eigenvalue weighted by Gasteiger charge is 2.33. The molecule has 2 aromatic carbocycles. The first-order chi connectivity index (χ1) is 15.9. The summed E-state index contributed by atoms with van der Waals surface area (Å²) in [6, 6.07) is 17.0. The lowest BCUT2D eigenvalue weighted by Crippen LogP contribution is -2.45. The molecule has 1 fully saturated rings. The van der Waals surface area contributed by atoms with Gasteiger partial charge < -0.3 is 4.74 Å². The number of benzene rings is 2. The number of carbonyl (C=O) groups is 2. The van der Waals surface area contributed by atoms with Crippen molar-refractivity contribution in [2.45, 2.75) is 39.3 Å². The van der Waals surface area contributed by atoms with Crippen molar-refractivity contribution in [2.75, 3.05) is 6.54 Å². The fraction of sp³-hybridized carbons (Fsp3) is 0.320. The number of fused-ring (bicyclic) bond motifs is 1. The van der Waals surface area contributed by atoms with Crippen LogP contribution in [0.3, 0.4) is 0 Å². The molecule has 1 aliphatic heterocycles. The number of para-hydroxylation sites is 1. The zero-order chi connectivity index (χ0) is 23.4. The molecule has 0 radical (unpaired) electrons. The highest BCUT2D eigenvalue weighted by atomic mass is 16.5. The van der Waals surface area contributed by atoms with Crippen LogP contribution < -0.4 is 15.6 Å². The average Bonchev–Trinajstić information content (AvgIpc) is 3.16. The quantitative estimate of drug-likeness (QED) is 0.378. The second-order valence-corrected chi connectivity index (χ2v) is 8.42. The van der Waals surface area contributed by atoms with Crippen LogP contribution in [0.1, 0.15) is 41.4 Å². The normalized spacial score (nSPS) is 18.3. The van der Waals surface area contributed by atoms with Crippen molar-refractivity contribution >= 4 is 22.7 Å². The van der Waals surface area contributed by atoms with Gasteiger partial charge in [0.15, 0.2) is 0 Å². The van der Waals surface area contributed by atoms with Gasteiger partial charge in [-0.1, -0.05) is 18.2 Å². The van der Waals surface area contributed by atoms with Gasteiger partial charge in [-0.15, -0.1) is 0 Å². The number of hydrogen-bond acceptors (Lipinski definition) is 6. The van der Waals surface area contributed by atoms with Crippen LogP contribution in [0.4, 0.5) is 0 Å². The van der Waals surface area contributed by atoms with E-state index >= 15 is 0 Å². The highest BCUT2D eigenvalue weighted by Crippen LogP contribution is 2.26. The lowest BCUT2D eigenvalue weighted by molar-refractivity contribution is -0.130. The van der Waals surface area contributed by atoms with Crippen molar-refractivity contribution in [3.8, 4) is 5.75 Å². The summed E-state index contributed by atoms with van der Waals surface area (Å²) in [6.45, 7) is 4.98. The number of nitrogens with one attached hydrogen (secondary N) is 2.